The standard InChI is InChI=1S/C18H16BrF3N2O2S/c1-24(2)16(25)10-27-15-6-4-3-5-12(15)17(26)23-11-7-8-14(19)13(9-11)18(20,21)22/h3-9H,10H2,1-2H3,(H,23,26). The van der Waals surface area contributed by atoms with Crippen molar-refractivity contribution in [2.75, 3.05) is 25.2 Å². The van der Waals surface area contributed by atoms with E-state index in [1.165, 1.54) is 28.8 Å². The molecule has 9 heteroatoms. The van der Waals surface area contributed by atoms with Gasteiger partial charge in [0.25, 0.3) is 5.91 Å². The second-order valence-electron chi connectivity index (χ2n) is 5.72. The molecule has 1 N–H and O–H groups in total. The van der Waals surface area contributed by atoms with Crippen molar-refractivity contribution in [1.82, 2.24) is 4.90 Å². The number of rotatable bonds is 5. The highest BCUT2D eigenvalue weighted by molar-refractivity contribution is 9.10. The number of benzene rings is 2. The Balaban J connectivity index is 2.21. The third-order valence-electron chi connectivity index (χ3n) is 3.51. The average Bonchev–Trinajstić information content (AvgIpc) is 2.60. The molecule has 0 bridgehead atoms. The van der Waals surface area contributed by atoms with Crippen molar-refractivity contribution in [2.45, 2.75) is 11.1 Å². The summed E-state index contributed by atoms with van der Waals surface area (Å²) < 4.78 is 38.9. The molecule has 4 nitrogen and oxygen atoms in total. The lowest BCUT2D eigenvalue weighted by Crippen LogP contribution is -2.23. The van der Waals surface area contributed by atoms with E-state index in [9.17, 15) is 22.8 Å². The summed E-state index contributed by atoms with van der Waals surface area (Å²) in [5.41, 5.74) is -0.565. The van der Waals surface area contributed by atoms with Crippen LogP contribution in [0.4, 0.5) is 18.9 Å². The van der Waals surface area contributed by atoms with Gasteiger partial charge in [0.2, 0.25) is 5.91 Å². The van der Waals surface area contributed by atoms with Gasteiger partial charge in [0, 0.05) is 29.2 Å². The molecule has 2 rings (SSSR count). The van der Waals surface area contributed by atoms with Gasteiger partial charge in [0.15, 0.2) is 0 Å². The molecule has 2 aromatic rings. The molecule has 0 aliphatic heterocycles. The summed E-state index contributed by atoms with van der Waals surface area (Å²) in [4.78, 5) is 26.3. The van der Waals surface area contributed by atoms with Crippen LogP contribution in [0.1, 0.15) is 15.9 Å². The van der Waals surface area contributed by atoms with Crippen molar-refractivity contribution in [3.8, 4) is 0 Å². The third-order valence-corrected chi connectivity index (χ3v) is 5.26. The molecule has 2 amide bonds. The molecule has 0 saturated heterocycles. The molecule has 0 aliphatic carbocycles. The first-order valence-corrected chi connectivity index (χ1v) is 9.47. The molecular formula is C18H16BrF3N2O2S. The smallest absolute Gasteiger partial charge is 0.348 e. The van der Waals surface area contributed by atoms with Gasteiger partial charge in [-0.2, -0.15) is 13.2 Å². The Morgan fingerprint density at radius 1 is 1.15 bits per heavy atom. The normalized spacial score (nSPS) is 11.2. The Hall–Kier alpha value is -2.00. The van der Waals surface area contributed by atoms with Crippen LogP contribution in [0.3, 0.4) is 0 Å². The zero-order chi connectivity index (χ0) is 20.2. The average molecular weight is 461 g/mol. The van der Waals surface area contributed by atoms with Gasteiger partial charge in [-0.05, 0) is 30.3 Å². The number of anilines is 1. The molecule has 0 atom stereocenters. The predicted molar refractivity (Wildman–Crippen MR) is 103 cm³/mol. The van der Waals surface area contributed by atoms with E-state index in [2.05, 4.69) is 21.2 Å². The van der Waals surface area contributed by atoms with Crippen LogP contribution in [-0.2, 0) is 11.0 Å². The minimum absolute atomic E-state index is 0.0275. The number of nitrogens with one attached hydrogen (secondary N) is 1. The summed E-state index contributed by atoms with van der Waals surface area (Å²) in [6.45, 7) is 0. The monoisotopic (exact) mass is 460 g/mol. The Morgan fingerprint density at radius 2 is 1.81 bits per heavy atom. The topological polar surface area (TPSA) is 49.4 Å². The van der Waals surface area contributed by atoms with E-state index in [-0.39, 0.29) is 27.4 Å². The van der Waals surface area contributed by atoms with Crippen molar-refractivity contribution in [3.63, 3.8) is 0 Å². The Morgan fingerprint density at radius 3 is 2.44 bits per heavy atom. The fourth-order valence-electron chi connectivity index (χ4n) is 2.07. The van der Waals surface area contributed by atoms with Crippen molar-refractivity contribution < 1.29 is 22.8 Å². The van der Waals surface area contributed by atoms with Gasteiger partial charge in [-0.25, -0.2) is 0 Å². The van der Waals surface area contributed by atoms with Gasteiger partial charge in [-0.15, -0.1) is 11.8 Å². The lowest BCUT2D eigenvalue weighted by molar-refractivity contribution is -0.138. The van der Waals surface area contributed by atoms with Crippen LogP contribution < -0.4 is 5.32 Å². The molecule has 0 heterocycles. The van der Waals surface area contributed by atoms with E-state index in [0.29, 0.717) is 4.90 Å². The highest BCUT2D eigenvalue weighted by Crippen LogP contribution is 2.36. The second-order valence-corrected chi connectivity index (χ2v) is 7.59. The van der Waals surface area contributed by atoms with E-state index >= 15 is 0 Å². The van der Waals surface area contributed by atoms with Crippen LogP contribution in [0.15, 0.2) is 51.8 Å². The fourth-order valence-corrected chi connectivity index (χ4v) is 3.57. The number of hydrogen-bond donors (Lipinski definition) is 1. The molecular weight excluding hydrogens is 445 g/mol. The molecule has 0 aromatic heterocycles. The minimum atomic E-state index is -4.54. The molecule has 0 spiro atoms. The first-order valence-electron chi connectivity index (χ1n) is 7.69. The van der Waals surface area contributed by atoms with E-state index < -0.39 is 17.6 Å². The van der Waals surface area contributed by atoms with E-state index in [1.807, 2.05) is 0 Å². The summed E-state index contributed by atoms with van der Waals surface area (Å²) in [6.07, 6.45) is -4.54. The zero-order valence-corrected chi connectivity index (χ0v) is 16.8. The number of nitrogens with zero attached hydrogens (tertiary/aromatic N) is 1. The van der Waals surface area contributed by atoms with Gasteiger partial charge >= 0.3 is 6.18 Å². The first kappa shape index (κ1) is 21.3. The number of carbonyl (C=O) groups excluding carboxylic acids is 2. The van der Waals surface area contributed by atoms with Crippen molar-refractivity contribution in [1.29, 1.82) is 0 Å². The van der Waals surface area contributed by atoms with Gasteiger partial charge in [0.05, 0.1) is 16.9 Å². The number of amides is 2. The first-order chi connectivity index (χ1) is 12.6. The molecule has 0 fully saturated rings. The van der Waals surface area contributed by atoms with E-state index in [0.717, 1.165) is 6.07 Å². The molecule has 0 unspecified atom stereocenters. The Labute approximate surface area is 167 Å². The summed E-state index contributed by atoms with van der Waals surface area (Å²) in [7, 11) is 3.26. The summed E-state index contributed by atoms with van der Waals surface area (Å²) in [6, 6.07) is 10.1. The maximum absolute atomic E-state index is 13.0. The highest BCUT2D eigenvalue weighted by atomic mass is 79.9. The van der Waals surface area contributed by atoms with Crippen LogP contribution in [0.5, 0.6) is 0 Å². The quantitative estimate of drug-likeness (QED) is 0.645. The van der Waals surface area contributed by atoms with Gasteiger partial charge in [0.1, 0.15) is 0 Å². The van der Waals surface area contributed by atoms with Crippen LogP contribution in [0, 0.1) is 0 Å². The maximum Gasteiger partial charge on any atom is 0.417 e. The second kappa shape index (κ2) is 8.79. The third kappa shape index (κ3) is 5.74. The maximum atomic E-state index is 13.0. The van der Waals surface area contributed by atoms with Crippen molar-refractivity contribution in [3.05, 3.63) is 58.1 Å². The van der Waals surface area contributed by atoms with Gasteiger partial charge < -0.3 is 10.2 Å². The molecule has 0 saturated carbocycles. The number of carbonyl (C=O) groups is 2. The molecule has 0 radical (unpaired) electrons. The molecule has 27 heavy (non-hydrogen) atoms. The Kier molecular flexibility index (Phi) is 6.94. The molecule has 144 valence electrons. The number of halogens is 4. The Bertz CT molecular complexity index is 857. The summed E-state index contributed by atoms with van der Waals surface area (Å²) in [5, 5.41) is 2.48. The van der Waals surface area contributed by atoms with Crippen LogP contribution >= 0.6 is 27.7 Å². The SMILES string of the molecule is CN(C)C(=O)CSc1ccccc1C(=O)Nc1ccc(Br)c(C(F)(F)F)c1. The lowest BCUT2D eigenvalue weighted by Gasteiger charge is -2.14. The fraction of sp³-hybridized carbons (Fsp3) is 0.222. The zero-order valence-electron chi connectivity index (χ0n) is 14.4. The van der Waals surface area contributed by atoms with Gasteiger partial charge in [-0.3, -0.25) is 9.59 Å². The van der Waals surface area contributed by atoms with Gasteiger partial charge in [-0.1, -0.05) is 28.1 Å². The summed E-state index contributed by atoms with van der Waals surface area (Å²) >= 11 is 4.06. The van der Waals surface area contributed by atoms with Crippen molar-refractivity contribution in [2.24, 2.45) is 0 Å². The van der Waals surface area contributed by atoms with E-state index in [4.69, 9.17) is 0 Å². The lowest BCUT2D eigenvalue weighted by atomic mass is 10.1. The molecule has 0 aliphatic rings. The highest BCUT2D eigenvalue weighted by Gasteiger charge is 2.33. The number of thioether (sulfide) groups is 1. The minimum Gasteiger partial charge on any atom is -0.348 e. The van der Waals surface area contributed by atoms with Crippen LogP contribution in [0.2, 0.25) is 0 Å². The predicted octanol–water partition coefficient (Wildman–Crippen LogP) is 4.90. The van der Waals surface area contributed by atoms with E-state index in [1.54, 1.807) is 38.4 Å². The van der Waals surface area contributed by atoms with Crippen LogP contribution in [-0.4, -0.2) is 36.6 Å². The number of alkyl halides is 3. The van der Waals surface area contributed by atoms with Crippen LogP contribution in [0.25, 0.3) is 0 Å². The van der Waals surface area contributed by atoms with Crippen molar-refractivity contribution >= 4 is 45.2 Å². The summed E-state index contributed by atoms with van der Waals surface area (Å²) in [5.74, 6) is -0.517. The molecule has 2 aromatic carbocycles. The largest absolute Gasteiger partial charge is 0.417 e. The number of hydrogen-bond acceptors (Lipinski definition) is 3.